The number of rotatable bonds is 5. The van der Waals surface area contributed by atoms with Gasteiger partial charge in [-0.2, -0.15) is 0 Å². The van der Waals surface area contributed by atoms with E-state index in [1.54, 1.807) is 18.5 Å². The van der Waals surface area contributed by atoms with Crippen LogP contribution in [0.1, 0.15) is 22.4 Å². The maximum absolute atomic E-state index is 11.5. The van der Waals surface area contributed by atoms with Gasteiger partial charge < -0.3 is 15.2 Å². The first-order chi connectivity index (χ1) is 15.4. The second-order valence-electron chi connectivity index (χ2n) is 8.10. The van der Waals surface area contributed by atoms with Crippen molar-refractivity contribution < 1.29 is 8.42 Å². The largest absolute Gasteiger partial charge is 0.364 e. The molecule has 4 heterocycles. The molecule has 5 rings (SSSR count). The molecule has 0 saturated heterocycles. The molecule has 0 radical (unpaired) electrons. The fraction of sp³-hybridized carbons (Fsp3) is 0.273. The van der Waals surface area contributed by atoms with E-state index in [9.17, 15) is 8.42 Å². The van der Waals surface area contributed by atoms with Crippen LogP contribution in [0.15, 0.2) is 43.0 Å². The monoisotopic (exact) mass is 449 g/mol. The summed E-state index contributed by atoms with van der Waals surface area (Å²) >= 11 is 0. The molecule has 0 spiro atoms. The van der Waals surface area contributed by atoms with Crippen LogP contribution in [-0.2, 0) is 28.6 Å². The van der Waals surface area contributed by atoms with E-state index in [1.165, 1.54) is 6.26 Å². The first-order valence-corrected chi connectivity index (χ1v) is 12.3. The number of pyridine rings is 1. The van der Waals surface area contributed by atoms with Gasteiger partial charge in [-0.25, -0.2) is 28.4 Å². The molecule has 9 nitrogen and oxygen atoms in total. The highest BCUT2D eigenvalue weighted by Gasteiger charge is 2.21. The second kappa shape index (κ2) is 7.86. The Morgan fingerprint density at radius 2 is 1.94 bits per heavy atom. The Morgan fingerprint density at radius 3 is 2.72 bits per heavy atom. The summed E-state index contributed by atoms with van der Waals surface area (Å²) in [6, 6.07) is 7.27. The lowest BCUT2D eigenvalue weighted by atomic mass is 10.1. The molecule has 0 saturated carbocycles. The summed E-state index contributed by atoms with van der Waals surface area (Å²) in [5.41, 5.74) is 7.55. The average Bonchev–Trinajstić information content (AvgIpc) is 3.24. The number of aromatic nitrogens is 5. The van der Waals surface area contributed by atoms with E-state index in [4.69, 9.17) is 4.98 Å². The second-order valence-corrected chi connectivity index (χ2v) is 10.2. The number of fused-ring (bicyclic) bond motifs is 2. The number of nitrogens with one attached hydrogen (secondary N) is 2. The number of aryl methyl sites for hydroxylation is 1. The summed E-state index contributed by atoms with van der Waals surface area (Å²) in [6.45, 7) is 3.61. The van der Waals surface area contributed by atoms with Crippen LogP contribution in [-0.4, -0.2) is 46.1 Å². The molecule has 1 aromatic carbocycles. The van der Waals surface area contributed by atoms with Crippen molar-refractivity contribution in [3.63, 3.8) is 0 Å². The van der Waals surface area contributed by atoms with Crippen molar-refractivity contribution in [1.29, 1.82) is 0 Å². The molecule has 0 atom stereocenters. The van der Waals surface area contributed by atoms with Gasteiger partial charge in [-0.3, -0.25) is 0 Å². The molecule has 4 aromatic rings. The zero-order valence-corrected chi connectivity index (χ0v) is 18.6. The molecule has 0 unspecified atom stereocenters. The summed E-state index contributed by atoms with van der Waals surface area (Å²) in [5, 5.41) is 3.21. The number of hydrogen-bond donors (Lipinski definition) is 2. The maximum Gasteiger partial charge on any atom is 0.227 e. The van der Waals surface area contributed by atoms with Gasteiger partial charge in [0.15, 0.2) is 15.5 Å². The molecule has 0 aliphatic carbocycles. The van der Waals surface area contributed by atoms with Gasteiger partial charge in [-0.15, -0.1) is 0 Å². The Bertz CT molecular complexity index is 1400. The first-order valence-electron chi connectivity index (χ1n) is 10.3. The molecule has 0 bridgehead atoms. The number of hydrogen-bond acceptors (Lipinski definition) is 8. The Balaban J connectivity index is 1.35. The van der Waals surface area contributed by atoms with Crippen LogP contribution < -0.4 is 10.2 Å². The topological polar surface area (TPSA) is 117 Å². The normalized spacial score (nSPS) is 13.9. The summed E-state index contributed by atoms with van der Waals surface area (Å²) in [7, 11) is -3.06. The number of benzene rings is 1. The molecule has 10 heteroatoms. The highest BCUT2D eigenvalue weighted by molar-refractivity contribution is 7.89. The Morgan fingerprint density at radius 1 is 1.12 bits per heavy atom. The van der Waals surface area contributed by atoms with E-state index >= 15 is 0 Å². The van der Waals surface area contributed by atoms with Crippen LogP contribution in [0.2, 0.25) is 0 Å². The average molecular weight is 450 g/mol. The lowest BCUT2D eigenvalue weighted by Gasteiger charge is -2.30. The van der Waals surface area contributed by atoms with Crippen molar-refractivity contribution in [2.45, 2.75) is 25.6 Å². The molecule has 1 aliphatic rings. The molecule has 32 heavy (non-hydrogen) atoms. The Kier molecular flexibility index (Phi) is 5.01. The van der Waals surface area contributed by atoms with Gasteiger partial charge in [-0.05, 0) is 36.6 Å². The number of nitrogens with zero attached hydrogens (tertiary/aromatic N) is 5. The summed E-state index contributed by atoms with van der Waals surface area (Å²) in [6.07, 6.45) is 7.51. The van der Waals surface area contributed by atoms with Crippen LogP contribution in [0.3, 0.4) is 0 Å². The number of imidazole rings is 1. The minimum atomic E-state index is -3.06. The van der Waals surface area contributed by atoms with Gasteiger partial charge in [0.1, 0.15) is 0 Å². The molecule has 3 aromatic heterocycles. The minimum Gasteiger partial charge on any atom is -0.364 e. The van der Waals surface area contributed by atoms with Crippen LogP contribution in [0.5, 0.6) is 0 Å². The van der Waals surface area contributed by atoms with Crippen molar-refractivity contribution in [3.8, 4) is 0 Å². The Labute approximate surface area is 185 Å². The van der Waals surface area contributed by atoms with Gasteiger partial charge in [0, 0.05) is 30.2 Å². The van der Waals surface area contributed by atoms with Gasteiger partial charge in [0.2, 0.25) is 5.95 Å². The molecular weight excluding hydrogens is 426 g/mol. The van der Waals surface area contributed by atoms with E-state index in [-0.39, 0.29) is 5.75 Å². The van der Waals surface area contributed by atoms with Crippen molar-refractivity contribution in [1.82, 2.24) is 24.9 Å². The standard InChI is InChI=1S/C22H23N7O2S/c1-14-19(10-23-21-20(14)25-13-26-21)29-8-7-16-9-24-22(28-18(16)11-29)27-17-5-3-15(4-6-17)12-32(2,30)31/h3-6,9-10,13H,7-8,11-12H2,1-2H3,(H,23,25,26)(H,24,27,28). The number of sulfone groups is 1. The van der Waals surface area contributed by atoms with Gasteiger partial charge in [0.05, 0.1) is 41.7 Å². The molecule has 0 amide bonds. The SMILES string of the molecule is Cc1c(N2CCc3cnc(Nc4ccc(CS(C)(=O)=O)cc4)nc3C2)cnc2nc[nH]c12. The van der Waals surface area contributed by atoms with Crippen molar-refractivity contribution in [3.05, 3.63) is 65.4 Å². The molecule has 1 aliphatic heterocycles. The van der Waals surface area contributed by atoms with Gasteiger partial charge in [-0.1, -0.05) is 12.1 Å². The molecular formula is C22H23N7O2S. The van der Waals surface area contributed by atoms with E-state index in [0.29, 0.717) is 12.5 Å². The summed E-state index contributed by atoms with van der Waals surface area (Å²) in [4.78, 5) is 23.4. The van der Waals surface area contributed by atoms with E-state index in [2.05, 4.69) is 37.1 Å². The predicted octanol–water partition coefficient (Wildman–Crippen LogP) is 2.91. The minimum absolute atomic E-state index is 0.0249. The third-order valence-electron chi connectivity index (χ3n) is 5.61. The Hall–Kier alpha value is -3.53. The third kappa shape index (κ3) is 4.13. The van der Waals surface area contributed by atoms with E-state index < -0.39 is 9.84 Å². The van der Waals surface area contributed by atoms with Crippen molar-refractivity contribution in [2.75, 3.05) is 23.0 Å². The third-order valence-corrected chi connectivity index (χ3v) is 6.47. The zero-order valence-electron chi connectivity index (χ0n) is 17.8. The molecule has 0 fully saturated rings. The predicted molar refractivity (Wildman–Crippen MR) is 124 cm³/mol. The quantitative estimate of drug-likeness (QED) is 0.478. The van der Waals surface area contributed by atoms with Gasteiger partial charge in [0.25, 0.3) is 0 Å². The summed E-state index contributed by atoms with van der Waals surface area (Å²) in [5.74, 6) is 0.539. The number of anilines is 3. The highest BCUT2D eigenvalue weighted by Crippen LogP contribution is 2.29. The van der Waals surface area contributed by atoms with E-state index in [0.717, 1.165) is 57.9 Å². The lowest BCUT2D eigenvalue weighted by Crippen LogP contribution is -2.32. The fourth-order valence-electron chi connectivity index (χ4n) is 4.01. The van der Waals surface area contributed by atoms with Crippen molar-refractivity contribution >= 4 is 38.3 Å². The smallest absolute Gasteiger partial charge is 0.227 e. The van der Waals surface area contributed by atoms with Crippen LogP contribution in [0.4, 0.5) is 17.3 Å². The fourth-order valence-corrected chi connectivity index (χ4v) is 4.81. The number of H-pyrrole nitrogens is 1. The number of aromatic amines is 1. The molecule has 164 valence electrons. The van der Waals surface area contributed by atoms with E-state index in [1.807, 2.05) is 24.5 Å². The highest BCUT2D eigenvalue weighted by atomic mass is 32.2. The lowest BCUT2D eigenvalue weighted by molar-refractivity contribution is 0.601. The van der Waals surface area contributed by atoms with Crippen LogP contribution in [0, 0.1) is 6.92 Å². The summed E-state index contributed by atoms with van der Waals surface area (Å²) < 4.78 is 22.9. The van der Waals surface area contributed by atoms with Gasteiger partial charge >= 0.3 is 0 Å². The van der Waals surface area contributed by atoms with Crippen molar-refractivity contribution in [2.24, 2.45) is 0 Å². The van der Waals surface area contributed by atoms with Crippen LogP contribution >= 0.6 is 0 Å². The molecule has 2 N–H and O–H groups in total. The van der Waals surface area contributed by atoms with Crippen LogP contribution in [0.25, 0.3) is 11.2 Å². The first kappa shape index (κ1) is 20.4. The zero-order chi connectivity index (χ0) is 22.3. The maximum atomic E-state index is 11.5.